The monoisotopic (exact) mass is 200 g/mol. The third-order valence-electron chi connectivity index (χ3n) is 1.61. The third-order valence-corrected chi connectivity index (χ3v) is 2.51. The summed E-state index contributed by atoms with van der Waals surface area (Å²) < 4.78 is 4.27. The molecule has 1 heterocycles. The van der Waals surface area contributed by atoms with Crippen LogP contribution >= 0.6 is 23.9 Å². The third kappa shape index (κ3) is 1.38. The Hall–Kier alpha value is -0.800. The zero-order valence-electron chi connectivity index (χ0n) is 6.57. The van der Waals surface area contributed by atoms with Crippen LogP contribution in [-0.4, -0.2) is 11.4 Å². The quantitative estimate of drug-likeness (QED) is 0.766. The molecule has 0 aliphatic rings. The summed E-state index contributed by atoms with van der Waals surface area (Å²) in [6.45, 7) is 0. The van der Waals surface area contributed by atoms with Crippen molar-refractivity contribution < 1.29 is 0 Å². The maximum atomic E-state index is 4.27. The summed E-state index contributed by atoms with van der Waals surface area (Å²) in [5.41, 5.74) is 1.07. The highest BCUT2D eigenvalue weighted by Gasteiger charge is 2.00. The molecule has 2 aromatic rings. The Balaban J connectivity index is 0.000000720. The molecule has 0 aliphatic heterocycles. The van der Waals surface area contributed by atoms with Gasteiger partial charge in [-0.1, -0.05) is 12.1 Å². The molecule has 0 unspecified atom stereocenters. The predicted octanol–water partition coefficient (Wildman–Crippen LogP) is 2.76. The summed E-state index contributed by atoms with van der Waals surface area (Å²) in [7, 11) is 1.92. The first-order chi connectivity index (χ1) is 5.42. The Morgan fingerprint density at radius 3 is 2.83 bits per heavy atom. The Morgan fingerprint density at radius 2 is 2.08 bits per heavy atom. The van der Waals surface area contributed by atoms with Crippen LogP contribution in [0.1, 0.15) is 0 Å². The lowest BCUT2D eigenvalue weighted by Gasteiger charge is -1.91. The lowest BCUT2D eigenvalue weighted by Crippen LogP contribution is -1.82. The first-order valence-corrected chi connectivity index (χ1v) is 4.21. The number of aromatic nitrogens is 1. The zero-order valence-corrected chi connectivity index (χ0v) is 8.21. The molecule has 0 aliphatic carbocycles. The van der Waals surface area contributed by atoms with E-state index in [1.54, 1.807) is 0 Å². The number of nitrogens with zero attached hydrogens (tertiary/aromatic N) is 1. The molecule has 0 saturated heterocycles. The fraction of sp³-hybridized carbons (Fsp3) is 0.125. The number of fused-ring (bicyclic) bond motifs is 1. The Kier molecular flexibility index (Phi) is 2.89. The molecule has 4 heteroatoms. The topological polar surface area (TPSA) is 24.9 Å². The van der Waals surface area contributed by atoms with E-state index < -0.39 is 0 Å². The van der Waals surface area contributed by atoms with Gasteiger partial charge in [0, 0.05) is 12.4 Å². The van der Waals surface area contributed by atoms with Crippen LogP contribution in [0.5, 0.6) is 0 Å². The van der Waals surface area contributed by atoms with Crippen molar-refractivity contribution >= 4 is 39.8 Å². The summed E-state index contributed by atoms with van der Waals surface area (Å²) in [6.07, 6.45) is 0. The SMILES string of the molecule is CNc1snc2ccccc12.Cl. The van der Waals surface area contributed by atoms with E-state index >= 15 is 0 Å². The minimum absolute atomic E-state index is 0. The number of benzene rings is 1. The number of anilines is 1. The average molecular weight is 201 g/mol. The number of nitrogens with one attached hydrogen (secondary N) is 1. The predicted molar refractivity (Wildman–Crippen MR) is 56.4 cm³/mol. The molecule has 0 amide bonds. The van der Waals surface area contributed by atoms with Gasteiger partial charge in [0.15, 0.2) is 0 Å². The molecule has 1 N–H and O–H groups in total. The van der Waals surface area contributed by atoms with E-state index in [0.29, 0.717) is 0 Å². The molecule has 0 atom stereocenters. The van der Waals surface area contributed by atoms with Crippen molar-refractivity contribution in [2.75, 3.05) is 12.4 Å². The summed E-state index contributed by atoms with van der Waals surface area (Å²) in [6, 6.07) is 8.12. The second kappa shape index (κ2) is 3.74. The van der Waals surface area contributed by atoms with Gasteiger partial charge in [0.25, 0.3) is 0 Å². The van der Waals surface area contributed by atoms with Crippen LogP contribution in [0.3, 0.4) is 0 Å². The van der Waals surface area contributed by atoms with Crippen molar-refractivity contribution in [3.05, 3.63) is 24.3 Å². The van der Waals surface area contributed by atoms with Gasteiger partial charge in [0.1, 0.15) is 5.00 Å². The van der Waals surface area contributed by atoms with Gasteiger partial charge >= 0.3 is 0 Å². The Bertz CT molecular complexity index is 372. The van der Waals surface area contributed by atoms with Gasteiger partial charge in [-0.15, -0.1) is 12.4 Å². The second-order valence-electron chi connectivity index (χ2n) is 2.28. The summed E-state index contributed by atoms with van der Waals surface area (Å²) in [5, 5.41) is 5.45. The first-order valence-electron chi connectivity index (χ1n) is 3.44. The lowest BCUT2D eigenvalue weighted by atomic mass is 10.2. The zero-order chi connectivity index (χ0) is 7.68. The van der Waals surface area contributed by atoms with Gasteiger partial charge in [-0.3, -0.25) is 0 Å². The molecule has 1 aromatic carbocycles. The number of rotatable bonds is 1. The highest BCUT2D eigenvalue weighted by atomic mass is 35.5. The fourth-order valence-corrected chi connectivity index (χ4v) is 1.78. The van der Waals surface area contributed by atoms with Crippen LogP contribution in [0, 0.1) is 0 Å². The fourth-order valence-electron chi connectivity index (χ4n) is 1.07. The molecule has 0 radical (unpaired) electrons. The summed E-state index contributed by atoms with van der Waals surface area (Å²) in [4.78, 5) is 0. The van der Waals surface area contributed by atoms with E-state index in [1.807, 2.05) is 25.2 Å². The van der Waals surface area contributed by atoms with Gasteiger partial charge in [-0.05, 0) is 23.7 Å². The number of hydrogen-bond donors (Lipinski definition) is 1. The number of halogens is 1. The standard InChI is InChI=1S/C8H8N2S.ClH/c1-9-8-6-4-2-3-5-7(6)10-11-8;/h2-5,9H,1H3;1H. The van der Waals surface area contributed by atoms with Crippen LogP contribution in [-0.2, 0) is 0 Å². The maximum Gasteiger partial charge on any atom is 0.117 e. The first kappa shape index (κ1) is 9.29. The van der Waals surface area contributed by atoms with Crippen LogP contribution in [0.25, 0.3) is 10.9 Å². The highest BCUT2D eigenvalue weighted by molar-refractivity contribution is 7.11. The van der Waals surface area contributed by atoms with E-state index in [-0.39, 0.29) is 12.4 Å². The van der Waals surface area contributed by atoms with Gasteiger partial charge in [0.05, 0.1) is 5.52 Å². The molecule has 64 valence electrons. The van der Waals surface area contributed by atoms with E-state index in [4.69, 9.17) is 0 Å². The van der Waals surface area contributed by atoms with Crippen molar-refractivity contribution in [1.29, 1.82) is 0 Å². The van der Waals surface area contributed by atoms with E-state index in [1.165, 1.54) is 16.9 Å². The van der Waals surface area contributed by atoms with Crippen molar-refractivity contribution in [3.8, 4) is 0 Å². The van der Waals surface area contributed by atoms with Crippen molar-refractivity contribution in [2.24, 2.45) is 0 Å². The molecule has 12 heavy (non-hydrogen) atoms. The van der Waals surface area contributed by atoms with Gasteiger partial charge in [-0.25, -0.2) is 0 Å². The van der Waals surface area contributed by atoms with Crippen LogP contribution < -0.4 is 5.32 Å². The molecular weight excluding hydrogens is 192 g/mol. The molecule has 0 spiro atoms. The smallest absolute Gasteiger partial charge is 0.117 e. The maximum absolute atomic E-state index is 4.27. The van der Waals surface area contributed by atoms with E-state index in [2.05, 4.69) is 15.8 Å². The van der Waals surface area contributed by atoms with E-state index in [0.717, 1.165) is 10.5 Å². The minimum Gasteiger partial charge on any atom is -0.378 e. The lowest BCUT2D eigenvalue weighted by molar-refractivity contribution is 1.61. The van der Waals surface area contributed by atoms with Crippen LogP contribution in [0.4, 0.5) is 5.00 Å². The molecule has 1 aromatic heterocycles. The molecule has 0 fully saturated rings. The second-order valence-corrected chi connectivity index (χ2v) is 3.05. The largest absolute Gasteiger partial charge is 0.378 e. The van der Waals surface area contributed by atoms with Crippen LogP contribution in [0.15, 0.2) is 24.3 Å². The molecular formula is C8H9ClN2S. The molecule has 0 saturated carbocycles. The minimum atomic E-state index is 0. The van der Waals surface area contributed by atoms with Gasteiger partial charge in [-0.2, -0.15) is 4.37 Å². The average Bonchev–Trinajstić information content (AvgIpc) is 2.47. The highest BCUT2D eigenvalue weighted by Crippen LogP contribution is 2.26. The van der Waals surface area contributed by atoms with Gasteiger partial charge in [0.2, 0.25) is 0 Å². The molecule has 0 bridgehead atoms. The van der Waals surface area contributed by atoms with Crippen molar-refractivity contribution in [2.45, 2.75) is 0 Å². The normalized spacial score (nSPS) is 9.42. The Morgan fingerprint density at radius 1 is 1.33 bits per heavy atom. The van der Waals surface area contributed by atoms with Crippen molar-refractivity contribution in [3.63, 3.8) is 0 Å². The summed E-state index contributed by atoms with van der Waals surface area (Å²) in [5.74, 6) is 0. The number of hydrogen-bond acceptors (Lipinski definition) is 3. The molecule has 2 nitrogen and oxygen atoms in total. The van der Waals surface area contributed by atoms with Crippen molar-refractivity contribution in [1.82, 2.24) is 4.37 Å². The van der Waals surface area contributed by atoms with E-state index in [9.17, 15) is 0 Å². The summed E-state index contributed by atoms with van der Waals surface area (Å²) >= 11 is 1.50. The Labute approximate surface area is 81.2 Å². The molecule has 2 rings (SSSR count). The van der Waals surface area contributed by atoms with Crippen LogP contribution in [0.2, 0.25) is 0 Å². The van der Waals surface area contributed by atoms with Gasteiger partial charge < -0.3 is 5.32 Å².